The van der Waals surface area contributed by atoms with Crippen molar-refractivity contribution in [3.05, 3.63) is 63.5 Å². The zero-order chi connectivity index (χ0) is 22.8. The van der Waals surface area contributed by atoms with Crippen LogP contribution in [0.5, 0.6) is 0 Å². The van der Waals surface area contributed by atoms with Gasteiger partial charge in [-0.2, -0.15) is 5.26 Å². The Morgan fingerprint density at radius 1 is 1.06 bits per heavy atom. The lowest BCUT2D eigenvalue weighted by atomic mass is 9.95. The molecular formula is C24H28N4O4. The number of esters is 1. The number of aryl methyl sites for hydroxylation is 1. The first-order valence-electron chi connectivity index (χ1n) is 10.9. The van der Waals surface area contributed by atoms with Crippen LogP contribution in [0.2, 0.25) is 0 Å². The van der Waals surface area contributed by atoms with Crippen LogP contribution in [0.15, 0.2) is 24.3 Å². The van der Waals surface area contributed by atoms with Crippen LogP contribution in [0.1, 0.15) is 56.2 Å². The Labute approximate surface area is 187 Å². The van der Waals surface area contributed by atoms with Crippen LogP contribution in [0.4, 0.5) is 0 Å². The standard InChI is InChI=1S/C24H28N4O4/c1-15-18(4-5-19-20(15)14-32-24(19)31)22(29)12-27-7-9-28(10-8-27)13-23(30)21-6-3-17(11-25)16(2)26-21/h3-6,22-23,29-30H,7-10,12-14H2,1-2H3/t22-,23+/m1/s1. The molecule has 2 N–H and O–H groups in total. The van der Waals surface area contributed by atoms with Crippen LogP contribution in [-0.4, -0.2) is 70.2 Å². The molecule has 0 spiro atoms. The zero-order valence-corrected chi connectivity index (χ0v) is 18.4. The first-order chi connectivity index (χ1) is 15.4. The fourth-order valence-corrected chi connectivity index (χ4v) is 4.45. The normalized spacial score (nSPS) is 18.7. The summed E-state index contributed by atoms with van der Waals surface area (Å²) in [5.41, 5.74) is 4.95. The molecule has 1 aromatic heterocycles. The number of cyclic esters (lactones) is 1. The van der Waals surface area contributed by atoms with Gasteiger partial charge in [0, 0.05) is 44.8 Å². The lowest BCUT2D eigenvalue weighted by Gasteiger charge is -2.36. The van der Waals surface area contributed by atoms with E-state index in [1.165, 1.54) is 0 Å². The van der Waals surface area contributed by atoms with Crippen molar-refractivity contribution in [3.8, 4) is 6.07 Å². The van der Waals surface area contributed by atoms with Crippen molar-refractivity contribution in [1.29, 1.82) is 5.26 Å². The molecule has 32 heavy (non-hydrogen) atoms. The molecule has 0 aliphatic carbocycles. The van der Waals surface area contributed by atoms with Gasteiger partial charge in [-0.1, -0.05) is 6.07 Å². The number of aliphatic hydroxyl groups is 2. The minimum Gasteiger partial charge on any atom is -0.457 e. The predicted octanol–water partition coefficient (Wildman–Crippen LogP) is 1.63. The van der Waals surface area contributed by atoms with Crippen molar-refractivity contribution in [1.82, 2.24) is 14.8 Å². The summed E-state index contributed by atoms with van der Waals surface area (Å²) in [6.45, 7) is 8.10. The van der Waals surface area contributed by atoms with Crippen molar-refractivity contribution in [2.75, 3.05) is 39.3 Å². The largest absolute Gasteiger partial charge is 0.457 e. The van der Waals surface area contributed by atoms with Crippen molar-refractivity contribution in [2.24, 2.45) is 0 Å². The second-order valence-electron chi connectivity index (χ2n) is 8.50. The van der Waals surface area contributed by atoms with Crippen LogP contribution in [0.3, 0.4) is 0 Å². The maximum Gasteiger partial charge on any atom is 0.338 e. The second-order valence-corrected chi connectivity index (χ2v) is 8.50. The Balaban J connectivity index is 1.30. The number of ether oxygens (including phenoxy) is 1. The molecule has 0 radical (unpaired) electrons. The number of piperazine rings is 1. The third-order valence-electron chi connectivity index (χ3n) is 6.46. The van der Waals surface area contributed by atoms with Crippen molar-refractivity contribution in [3.63, 3.8) is 0 Å². The lowest BCUT2D eigenvalue weighted by Crippen LogP contribution is -2.48. The number of pyridine rings is 1. The van der Waals surface area contributed by atoms with Gasteiger partial charge in [-0.25, -0.2) is 4.79 Å². The molecule has 8 nitrogen and oxygen atoms in total. The summed E-state index contributed by atoms with van der Waals surface area (Å²) in [6.07, 6.45) is -1.35. The van der Waals surface area contributed by atoms with Crippen LogP contribution < -0.4 is 0 Å². The average Bonchev–Trinajstić information content (AvgIpc) is 3.16. The smallest absolute Gasteiger partial charge is 0.338 e. The fourth-order valence-electron chi connectivity index (χ4n) is 4.45. The van der Waals surface area contributed by atoms with E-state index in [1.807, 2.05) is 13.0 Å². The second kappa shape index (κ2) is 9.35. The molecule has 4 rings (SSSR count). The quantitative estimate of drug-likeness (QED) is 0.658. The van der Waals surface area contributed by atoms with E-state index in [0.717, 1.165) is 42.9 Å². The van der Waals surface area contributed by atoms with E-state index in [0.29, 0.717) is 35.6 Å². The summed E-state index contributed by atoms with van der Waals surface area (Å²) >= 11 is 0. The van der Waals surface area contributed by atoms with Crippen LogP contribution in [0.25, 0.3) is 0 Å². The molecule has 1 aromatic carbocycles. The first kappa shape index (κ1) is 22.4. The van der Waals surface area contributed by atoms with Gasteiger partial charge in [0.05, 0.1) is 28.6 Å². The number of benzene rings is 1. The van der Waals surface area contributed by atoms with Crippen molar-refractivity contribution < 1.29 is 19.7 Å². The minimum absolute atomic E-state index is 0.273. The summed E-state index contributed by atoms with van der Waals surface area (Å²) in [4.78, 5) is 20.5. The molecule has 168 valence electrons. The third-order valence-corrected chi connectivity index (χ3v) is 6.46. The van der Waals surface area contributed by atoms with Gasteiger partial charge in [0.2, 0.25) is 0 Å². The van der Waals surface area contributed by atoms with Crippen LogP contribution >= 0.6 is 0 Å². The summed E-state index contributed by atoms with van der Waals surface area (Å²) in [7, 11) is 0. The van der Waals surface area contributed by atoms with Gasteiger partial charge in [-0.15, -0.1) is 0 Å². The van der Waals surface area contributed by atoms with Gasteiger partial charge in [-0.3, -0.25) is 14.8 Å². The highest BCUT2D eigenvalue weighted by molar-refractivity contribution is 5.93. The summed E-state index contributed by atoms with van der Waals surface area (Å²) < 4.78 is 5.11. The Morgan fingerprint density at radius 2 is 1.72 bits per heavy atom. The molecule has 1 fully saturated rings. The van der Waals surface area contributed by atoms with E-state index in [1.54, 1.807) is 25.1 Å². The van der Waals surface area contributed by atoms with E-state index in [9.17, 15) is 15.0 Å². The number of hydrogen-bond donors (Lipinski definition) is 2. The molecule has 0 bridgehead atoms. The van der Waals surface area contributed by atoms with Crippen molar-refractivity contribution >= 4 is 5.97 Å². The highest BCUT2D eigenvalue weighted by Crippen LogP contribution is 2.29. The molecule has 8 heteroatoms. The zero-order valence-electron chi connectivity index (χ0n) is 18.4. The maximum atomic E-state index is 11.7. The molecule has 1 saturated heterocycles. The lowest BCUT2D eigenvalue weighted by molar-refractivity contribution is 0.0470. The summed E-state index contributed by atoms with van der Waals surface area (Å²) in [5, 5.41) is 30.4. The average molecular weight is 437 g/mol. The molecule has 3 heterocycles. The van der Waals surface area contributed by atoms with Crippen LogP contribution in [0, 0.1) is 25.2 Å². The summed E-state index contributed by atoms with van der Waals surface area (Å²) in [5.74, 6) is -0.297. The topological polar surface area (TPSA) is 110 Å². The Kier molecular flexibility index (Phi) is 6.53. The number of rotatable bonds is 6. The van der Waals surface area contributed by atoms with E-state index in [-0.39, 0.29) is 12.6 Å². The molecule has 0 unspecified atom stereocenters. The monoisotopic (exact) mass is 436 g/mol. The third kappa shape index (κ3) is 4.52. The number of hydrogen-bond acceptors (Lipinski definition) is 8. The fraction of sp³-hybridized carbons (Fsp3) is 0.458. The van der Waals surface area contributed by atoms with E-state index >= 15 is 0 Å². The number of carbonyl (C=O) groups excluding carboxylic acids is 1. The molecule has 2 aliphatic heterocycles. The highest BCUT2D eigenvalue weighted by atomic mass is 16.5. The van der Waals surface area contributed by atoms with Gasteiger partial charge in [-0.05, 0) is 43.2 Å². The molecule has 2 aromatic rings. The SMILES string of the molecule is Cc1nc([C@@H](O)CN2CCN(C[C@@H](O)c3ccc4c(c3C)COC4=O)CC2)ccc1C#N. The van der Waals surface area contributed by atoms with E-state index in [2.05, 4.69) is 20.9 Å². The van der Waals surface area contributed by atoms with Gasteiger partial charge in [0.15, 0.2) is 0 Å². The number of β-amino-alcohol motifs (C(OH)–C–C–N with tert-alkyl or cyclic N) is 2. The number of carbonyl (C=O) groups is 1. The summed E-state index contributed by atoms with van der Waals surface area (Å²) in [6, 6.07) is 9.07. The predicted molar refractivity (Wildman–Crippen MR) is 117 cm³/mol. The molecule has 2 aliphatic rings. The number of aliphatic hydroxyl groups excluding tert-OH is 2. The molecule has 0 amide bonds. The number of nitriles is 1. The maximum absolute atomic E-state index is 11.7. The van der Waals surface area contributed by atoms with E-state index < -0.39 is 12.2 Å². The van der Waals surface area contributed by atoms with Crippen LogP contribution in [-0.2, 0) is 11.3 Å². The van der Waals surface area contributed by atoms with E-state index in [4.69, 9.17) is 10.00 Å². The minimum atomic E-state index is -0.711. The van der Waals surface area contributed by atoms with Crippen molar-refractivity contribution in [2.45, 2.75) is 32.7 Å². The number of aromatic nitrogens is 1. The van der Waals surface area contributed by atoms with Gasteiger partial charge in [0.1, 0.15) is 18.8 Å². The molecule has 2 atom stereocenters. The highest BCUT2D eigenvalue weighted by Gasteiger charge is 2.27. The van der Waals surface area contributed by atoms with Gasteiger partial charge >= 0.3 is 5.97 Å². The Bertz CT molecular complexity index is 1060. The Hall–Kier alpha value is -2.83. The number of nitrogens with zero attached hydrogens (tertiary/aromatic N) is 4. The van der Waals surface area contributed by atoms with Gasteiger partial charge in [0.25, 0.3) is 0 Å². The number of fused-ring (bicyclic) bond motifs is 1. The Morgan fingerprint density at radius 3 is 2.34 bits per heavy atom. The molecule has 0 saturated carbocycles. The molecular weight excluding hydrogens is 408 g/mol. The van der Waals surface area contributed by atoms with Gasteiger partial charge < -0.3 is 14.9 Å². The first-order valence-corrected chi connectivity index (χ1v) is 10.9.